The maximum Gasteiger partial charge on any atom is 0.320 e. The molecule has 0 aliphatic carbocycles. The number of thiophene rings is 1. The first-order valence-corrected chi connectivity index (χ1v) is 5.75. The fourth-order valence-corrected chi connectivity index (χ4v) is 2.08. The summed E-state index contributed by atoms with van der Waals surface area (Å²) in [6, 6.07) is 0.665. The summed E-state index contributed by atoms with van der Waals surface area (Å²) in [6.07, 6.45) is -0.0631. The predicted octanol–water partition coefficient (Wildman–Crippen LogP) is 0.651. The van der Waals surface area contributed by atoms with E-state index in [1.165, 1.54) is 11.3 Å². The number of hydrogen-bond donors (Lipinski definition) is 3. The highest BCUT2D eigenvalue weighted by Gasteiger charge is 2.21. The zero-order valence-corrected chi connectivity index (χ0v) is 9.49. The van der Waals surface area contributed by atoms with Gasteiger partial charge in [-0.15, -0.1) is 0 Å². The van der Waals surface area contributed by atoms with Crippen molar-refractivity contribution in [3.05, 3.63) is 32.7 Å². The molecule has 2 heterocycles. The summed E-state index contributed by atoms with van der Waals surface area (Å²) < 4.78 is 5.04. The molecular weight excluding hydrogens is 244 g/mol. The Kier molecular flexibility index (Phi) is 3.12. The van der Waals surface area contributed by atoms with Crippen LogP contribution in [-0.4, -0.2) is 22.3 Å². The van der Waals surface area contributed by atoms with Crippen LogP contribution in [0.15, 0.2) is 26.1 Å². The molecule has 0 aliphatic rings. The third kappa shape index (κ3) is 2.29. The van der Waals surface area contributed by atoms with E-state index in [0.29, 0.717) is 5.76 Å². The summed E-state index contributed by atoms with van der Waals surface area (Å²) in [5, 5.41) is 14.6. The average Bonchev–Trinajstić information content (AvgIpc) is 2.89. The number of carboxylic acids is 1. The number of hydrogen-bond acceptors (Lipinski definition) is 5. The van der Waals surface area contributed by atoms with E-state index in [-0.39, 0.29) is 12.0 Å². The lowest BCUT2D eigenvalue weighted by atomic mass is 10.1. The van der Waals surface area contributed by atoms with E-state index in [2.05, 4.69) is 5.16 Å². The van der Waals surface area contributed by atoms with Crippen LogP contribution in [0.5, 0.6) is 0 Å². The van der Waals surface area contributed by atoms with Crippen LogP contribution in [0.4, 0.5) is 0 Å². The number of carboxylic acid groups (broad SMARTS) is 1. The van der Waals surface area contributed by atoms with Gasteiger partial charge in [-0.25, -0.2) is 0 Å². The summed E-state index contributed by atoms with van der Waals surface area (Å²) in [5.74, 6) is -0.796. The highest BCUT2D eigenvalue weighted by Crippen LogP contribution is 2.24. The van der Waals surface area contributed by atoms with E-state index in [0.717, 1.165) is 5.56 Å². The average molecular weight is 254 g/mol. The van der Waals surface area contributed by atoms with E-state index in [1.807, 2.05) is 10.8 Å². The number of aromatic nitrogens is 1. The summed E-state index contributed by atoms with van der Waals surface area (Å²) in [7, 11) is 0. The molecule has 2 aromatic heterocycles. The van der Waals surface area contributed by atoms with Gasteiger partial charge in [0.1, 0.15) is 6.04 Å². The van der Waals surface area contributed by atoms with Gasteiger partial charge in [-0.05, 0) is 11.4 Å². The first-order valence-electron chi connectivity index (χ1n) is 4.81. The third-order valence-corrected chi connectivity index (χ3v) is 3.00. The molecule has 2 rings (SSSR count). The standard InChI is InChI=1S/C10H10N2O4S/c11-7(10(14)15)3-6-8(16-12-9(6)13)5-1-2-17-4-5/h1-2,4,7H,3,11H2,(H,12,13)(H,14,15)/t7-/m0/s1. The second kappa shape index (κ2) is 4.56. The molecule has 0 radical (unpaired) electrons. The van der Waals surface area contributed by atoms with E-state index < -0.39 is 17.6 Å². The van der Waals surface area contributed by atoms with Crippen molar-refractivity contribution in [3.63, 3.8) is 0 Å². The Morgan fingerprint density at radius 1 is 1.65 bits per heavy atom. The lowest BCUT2D eigenvalue weighted by molar-refractivity contribution is -0.138. The fraction of sp³-hybridized carbons (Fsp3) is 0.200. The molecule has 0 aromatic carbocycles. The van der Waals surface area contributed by atoms with Gasteiger partial charge in [0.2, 0.25) is 0 Å². The molecule has 0 amide bonds. The second-order valence-corrected chi connectivity index (χ2v) is 4.28. The van der Waals surface area contributed by atoms with Crippen LogP contribution in [0.3, 0.4) is 0 Å². The molecule has 1 atom stereocenters. The van der Waals surface area contributed by atoms with Crippen LogP contribution in [0.2, 0.25) is 0 Å². The lowest BCUT2D eigenvalue weighted by Gasteiger charge is -2.03. The first kappa shape index (κ1) is 11.6. The van der Waals surface area contributed by atoms with Crippen LogP contribution in [0.25, 0.3) is 11.3 Å². The number of aromatic amines is 1. The van der Waals surface area contributed by atoms with E-state index in [4.69, 9.17) is 15.4 Å². The number of carbonyl (C=O) groups is 1. The second-order valence-electron chi connectivity index (χ2n) is 3.50. The SMILES string of the molecule is N[C@@H](Cc1c(-c2ccsc2)o[nH]c1=O)C(=O)O. The molecule has 4 N–H and O–H groups in total. The van der Waals surface area contributed by atoms with Crippen LogP contribution < -0.4 is 11.3 Å². The number of H-pyrrole nitrogens is 1. The predicted molar refractivity (Wildman–Crippen MR) is 62.0 cm³/mol. The van der Waals surface area contributed by atoms with E-state index >= 15 is 0 Å². The van der Waals surface area contributed by atoms with Crippen LogP contribution in [-0.2, 0) is 11.2 Å². The molecule has 17 heavy (non-hydrogen) atoms. The quantitative estimate of drug-likeness (QED) is 0.742. The maximum atomic E-state index is 11.5. The van der Waals surface area contributed by atoms with Gasteiger partial charge in [0.25, 0.3) is 5.56 Å². The molecule has 0 aliphatic heterocycles. The van der Waals surface area contributed by atoms with Crippen molar-refractivity contribution in [2.75, 3.05) is 0 Å². The van der Waals surface area contributed by atoms with Crippen molar-refractivity contribution in [2.45, 2.75) is 12.5 Å². The molecule has 6 nitrogen and oxygen atoms in total. The van der Waals surface area contributed by atoms with E-state index in [9.17, 15) is 9.59 Å². The van der Waals surface area contributed by atoms with Gasteiger partial charge < -0.3 is 15.4 Å². The van der Waals surface area contributed by atoms with Crippen molar-refractivity contribution < 1.29 is 14.4 Å². The maximum absolute atomic E-state index is 11.5. The van der Waals surface area contributed by atoms with Crippen molar-refractivity contribution in [1.82, 2.24) is 5.16 Å². The molecule has 90 valence electrons. The highest BCUT2D eigenvalue weighted by molar-refractivity contribution is 7.08. The summed E-state index contributed by atoms with van der Waals surface area (Å²) >= 11 is 1.45. The van der Waals surface area contributed by atoms with Crippen LogP contribution >= 0.6 is 11.3 Å². The Balaban J connectivity index is 2.37. The van der Waals surface area contributed by atoms with Crippen LogP contribution in [0, 0.1) is 0 Å². The zero-order chi connectivity index (χ0) is 12.4. The van der Waals surface area contributed by atoms with Gasteiger partial charge >= 0.3 is 5.97 Å². The molecule has 0 bridgehead atoms. The molecule has 0 spiro atoms. The zero-order valence-electron chi connectivity index (χ0n) is 8.67. The molecule has 7 heteroatoms. The Morgan fingerprint density at radius 2 is 2.41 bits per heavy atom. The molecule has 2 aromatic rings. The molecule has 0 unspecified atom stereocenters. The first-order chi connectivity index (χ1) is 8.09. The molecule has 0 saturated heterocycles. The van der Waals surface area contributed by atoms with Gasteiger partial charge in [0, 0.05) is 17.4 Å². The number of nitrogens with two attached hydrogens (primary N) is 1. The largest absolute Gasteiger partial charge is 0.480 e. The van der Waals surface area contributed by atoms with Crippen molar-refractivity contribution in [2.24, 2.45) is 5.73 Å². The topological polar surface area (TPSA) is 109 Å². The lowest BCUT2D eigenvalue weighted by Crippen LogP contribution is -2.33. The summed E-state index contributed by atoms with van der Waals surface area (Å²) in [4.78, 5) is 22.2. The minimum Gasteiger partial charge on any atom is -0.480 e. The van der Waals surface area contributed by atoms with Gasteiger partial charge in [-0.1, -0.05) is 0 Å². The van der Waals surface area contributed by atoms with Crippen LogP contribution in [0.1, 0.15) is 5.56 Å². The van der Waals surface area contributed by atoms with Gasteiger partial charge in [0.15, 0.2) is 5.76 Å². The minimum atomic E-state index is -1.15. The minimum absolute atomic E-state index is 0.0631. The smallest absolute Gasteiger partial charge is 0.320 e. The monoisotopic (exact) mass is 254 g/mol. The Bertz CT molecular complexity index is 569. The van der Waals surface area contributed by atoms with Gasteiger partial charge in [-0.2, -0.15) is 16.5 Å². The Hall–Kier alpha value is -1.86. The molecule has 0 fully saturated rings. The number of rotatable bonds is 4. The van der Waals surface area contributed by atoms with Crippen molar-refractivity contribution >= 4 is 17.3 Å². The Labute approximate surface area is 99.6 Å². The fourth-order valence-electron chi connectivity index (χ4n) is 1.44. The van der Waals surface area contributed by atoms with E-state index in [1.54, 1.807) is 6.07 Å². The number of nitrogens with one attached hydrogen (secondary N) is 1. The van der Waals surface area contributed by atoms with Crippen molar-refractivity contribution in [1.29, 1.82) is 0 Å². The van der Waals surface area contributed by atoms with Gasteiger partial charge in [-0.3, -0.25) is 9.59 Å². The molecular formula is C10H10N2O4S. The highest BCUT2D eigenvalue weighted by atomic mass is 32.1. The summed E-state index contributed by atoms with van der Waals surface area (Å²) in [5.41, 5.74) is 5.97. The summed E-state index contributed by atoms with van der Waals surface area (Å²) in [6.45, 7) is 0. The number of aliphatic carboxylic acids is 1. The molecule has 0 saturated carbocycles. The Morgan fingerprint density at radius 3 is 3.00 bits per heavy atom. The van der Waals surface area contributed by atoms with Crippen molar-refractivity contribution in [3.8, 4) is 11.3 Å². The van der Waals surface area contributed by atoms with Gasteiger partial charge in [0.05, 0.1) is 5.56 Å². The normalized spacial score (nSPS) is 12.5. The third-order valence-electron chi connectivity index (χ3n) is 2.32.